The number of fused-ring (bicyclic) bond motifs is 2. The van der Waals surface area contributed by atoms with Gasteiger partial charge in [0.25, 0.3) is 0 Å². The van der Waals surface area contributed by atoms with Gasteiger partial charge in [-0.3, -0.25) is 14.4 Å². The predicted molar refractivity (Wildman–Crippen MR) is 116 cm³/mol. The lowest BCUT2D eigenvalue weighted by Gasteiger charge is -2.20. The molecule has 1 atom stereocenters. The number of unbranched alkanes of at least 4 members (excludes halogenated alkanes) is 1. The summed E-state index contributed by atoms with van der Waals surface area (Å²) in [5.74, 6) is -3.45. The molecule has 4 N–H and O–H groups in total. The molecule has 0 amide bonds. The van der Waals surface area contributed by atoms with Crippen LogP contribution in [0.4, 0.5) is 18.9 Å². The van der Waals surface area contributed by atoms with Crippen LogP contribution in [-0.2, 0) is 14.3 Å². The van der Waals surface area contributed by atoms with Crippen molar-refractivity contribution in [1.82, 2.24) is 0 Å². The second-order valence-electron chi connectivity index (χ2n) is 7.32. The number of hydrogen-bond donors (Lipinski definition) is 3. The van der Waals surface area contributed by atoms with Gasteiger partial charge in [-0.2, -0.15) is 13.2 Å². The minimum Gasteiger partial charge on any atom is -0.475 e. The van der Waals surface area contributed by atoms with E-state index >= 15 is 0 Å². The highest BCUT2D eigenvalue weighted by Crippen LogP contribution is 2.31. The van der Waals surface area contributed by atoms with Gasteiger partial charge in [0.1, 0.15) is 6.04 Å². The third kappa shape index (κ3) is 6.64. The molecular formula is C23H23F3N2O6. The van der Waals surface area contributed by atoms with Crippen LogP contribution in [0.3, 0.4) is 0 Å². The maximum atomic E-state index is 12.9. The van der Waals surface area contributed by atoms with Crippen molar-refractivity contribution >= 4 is 29.2 Å². The second kappa shape index (κ2) is 11.4. The maximum Gasteiger partial charge on any atom is 0.490 e. The minimum absolute atomic E-state index is 0.133. The largest absolute Gasteiger partial charge is 0.490 e. The summed E-state index contributed by atoms with van der Waals surface area (Å²) >= 11 is 0. The van der Waals surface area contributed by atoms with Crippen molar-refractivity contribution in [2.45, 2.75) is 32.0 Å². The molecule has 0 radical (unpaired) electrons. The summed E-state index contributed by atoms with van der Waals surface area (Å²) in [5.41, 5.74) is 7.81. The molecule has 0 saturated heterocycles. The number of carboxylic acid groups (broad SMARTS) is 1. The van der Waals surface area contributed by atoms with Gasteiger partial charge in [-0.25, -0.2) is 4.79 Å². The Morgan fingerprint density at radius 3 is 2.12 bits per heavy atom. The van der Waals surface area contributed by atoms with Crippen molar-refractivity contribution < 1.29 is 42.2 Å². The Balaban J connectivity index is 0.000000509. The van der Waals surface area contributed by atoms with Crippen LogP contribution < -0.4 is 11.1 Å². The van der Waals surface area contributed by atoms with Gasteiger partial charge in [0.15, 0.2) is 11.6 Å². The summed E-state index contributed by atoms with van der Waals surface area (Å²) in [7, 11) is 0. The molecule has 0 fully saturated rings. The van der Waals surface area contributed by atoms with E-state index in [0.29, 0.717) is 47.5 Å². The number of aliphatic carboxylic acids is 1. The number of nitrogens with one attached hydrogen (secondary N) is 1. The smallest absolute Gasteiger partial charge is 0.475 e. The van der Waals surface area contributed by atoms with E-state index in [-0.39, 0.29) is 11.6 Å². The van der Waals surface area contributed by atoms with Crippen molar-refractivity contribution in [2.24, 2.45) is 5.73 Å². The van der Waals surface area contributed by atoms with Crippen LogP contribution in [0.2, 0.25) is 0 Å². The number of esters is 1. The normalized spacial score (nSPS) is 13.1. The van der Waals surface area contributed by atoms with E-state index in [1.54, 1.807) is 49.4 Å². The molecule has 8 nitrogen and oxygen atoms in total. The lowest BCUT2D eigenvalue weighted by Crippen LogP contribution is -2.29. The van der Waals surface area contributed by atoms with Gasteiger partial charge in [0, 0.05) is 28.9 Å². The lowest BCUT2D eigenvalue weighted by atomic mass is 9.83. The van der Waals surface area contributed by atoms with Crippen molar-refractivity contribution in [3.8, 4) is 0 Å². The number of benzene rings is 2. The Kier molecular flexibility index (Phi) is 8.90. The summed E-state index contributed by atoms with van der Waals surface area (Å²) in [6.45, 7) is 2.48. The highest BCUT2D eigenvalue weighted by molar-refractivity contribution is 6.30. The number of ether oxygens (including phenoxy) is 1. The zero-order valence-electron chi connectivity index (χ0n) is 18.1. The van der Waals surface area contributed by atoms with Gasteiger partial charge < -0.3 is 20.9 Å². The minimum atomic E-state index is -5.08. The van der Waals surface area contributed by atoms with Crippen LogP contribution >= 0.6 is 0 Å². The van der Waals surface area contributed by atoms with E-state index in [4.69, 9.17) is 20.4 Å². The van der Waals surface area contributed by atoms with Crippen molar-refractivity contribution in [3.63, 3.8) is 0 Å². The molecule has 0 aromatic heterocycles. The number of ketones is 2. The molecule has 2 aromatic carbocycles. The Labute approximate surface area is 192 Å². The fraction of sp³-hybridized carbons (Fsp3) is 0.304. The number of nitrogens with two attached hydrogens (primary N) is 1. The van der Waals surface area contributed by atoms with Crippen molar-refractivity contribution in [2.75, 3.05) is 18.5 Å². The number of carboxylic acids is 1. The molecule has 182 valence electrons. The maximum absolute atomic E-state index is 12.9. The van der Waals surface area contributed by atoms with Gasteiger partial charge >= 0.3 is 18.1 Å². The SMILES string of the molecule is C[C@@H](N)C(=O)OCCCCNc1cccc2c1C(=O)c1ccccc1C2=O.O=C(O)C(F)(F)F. The van der Waals surface area contributed by atoms with E-state index in [9.17, 15) is 27.6 Å². The van der Waals surface area contributed by atoms with Crippen LogP contribution in [0.15, 0.2) is 42.5 Å². The summed E-state index contributed by atoms with van der Waals surface area (Å²) < 4.78 is 36.8. The van der Waals surface area contributed by atoms with Crippen LogP contribution in [0, 0.1) is 0 Å². The van der Waals surface area contributed by atoms with Crippen molar-refractivity contribution in [3.05, 3.63) is 64.7 Å². The van der Waals surface area contributed by atoms with E-state index in [0.717, 1.165) is 6.42 Å². The van der Waals surface area contributed by atoms with Gasteiger partial charge in [0.2, 0.25) is 0 Å². The zero-order valence-corrected chi connectivity index (χ0v) is 18.1. The number of halogens is 3. The molecule has 11 heteroatoms. The fourth-order valence-corrected chi connectivity index (χ4v) is 3.05. The molecule has 0 bridgehead atoms. The molecular weight excluding hydrogens is 457 g/mol. The summed E-state index contributed by atoms with van der Waals surface area (Å²) in [4.78, 5) is 45.8. The number of hydrogen-bond acceptors (Lipinski definition) is 7. The van der Waals surface area contributed by atoms with Gasteiger partial charge in [-0.15, -0.1) is 0 Å². The first-order valence-corrected chi connectivity index (χ1v) is 10.2. The Morgan fingerprint density at radius 2 is 1.56 bits per heavy atom. The molecule has 1 aliphatic rings. The average Bonchev–Trinajstić information content (AvgIpc) is 2.79. The van der Waals surface area contributed by atoms with Gasteiger partial charge in [-0.05, 0) is 25.8 Å². The van der Waals surface area contributed by atoms with E-state index in [2.05, 4.69) is 5.32 Å². The number of anilines is 1. The summed E-state index contributed by atoms with van der Waals surface area (Å²) in [6, 6.07) is 11.5. The monoisotopic (exact) mass is 480 g/mol. The van der Waals surface area contributed by atoms with Crippen LogP contribution in [0.25, 0.3) is 0 Å². The molecule has 2 aromatic rings. The third-order valence-corrected chi connectivity index (χ3v) is 4.70. The lowest BCUT2D eigenvalue weighted by molar-refractivity contribution is -0.192. The summed E-state index contributed by atoms with van der Waals surface area (Å²) in [6.07, 6.45) is -3.66. The topological polar surface area (TPSA) is 136 Å². The first kappa shape index (κ1) is 26.5. The first-order chi connectivity index (χ1) is 15.9. The van der Waals surface area contributed by atoms with Crippen LogP contribution in [-0.4, -0.2) is 54.0 Å². The molecule has 0 spiro atoms. The molecule has 0 unspecified atom stereocenters. The van der Waals surface area contributed by atoms with E-state index in [1.165, 1.54) is 0 Å². The molecule has 3 rings (SSSR count). The number of carbonyl (C=O) groups is 4. The quantitative estimate of drug-likeness (QED) is 0.347. The number of rotatable bonds is 7. The van der Waals surface area contributed by atoms with Gasteiger partial charge in [-0.1, -0.05) is 36.4 Å². The standard InChI is InChI=1S/C21H22N2O4.C2HF3O2/c1-13(22)21(26)27-12-5-4-11-23-17-10-6-9-16-18(17)20(25)15-8-3-2-7-14(15)19(16)24;3-2(4,5)1(6)7/h2-3,6-10,13,23H,4-5,11-12,22H2,1H3;(H,6,7)/t13-;/m1./s1. The highest BCUT2D eigenvalue weighted by Gasteiger charge is 2.38. The Hall–Kier alpha value is -3.73. The predicted octanol–water partition coefficient (Wildman–Crippen LogP) is 3.18. The van der Waals surface area contributed by atoms with E-state index < -0.39 is 24.2 Å². The number of alkyl halides is 3. The van der Waals surface area contributed by atoms with Crippen LogP contribution in [0.1, 0.15) is 51.6 Å². The fourth-order valence-electron chi connectivity index (χ4n) is 3.05. The summed E-state index contributed by atoms with van der Waals surface area (Å²) in [5, 5.41) is 10.4. The molecule has 0 aliphatic heterocycles. The Bertz CT molecular complexity index is 1080. The zero-order chi connectivity index (χ0) is 25.5. The molecule has 34 heavy (non-hydrogen) atoms. The molecule has 1 aliphatic carbocycles. The molecule has 0 heterocycles. The third-order valence-electron chi connectivity index (χ3n) is 4.70. The second-order valence-corrected chi connectivity index (χ2v) is 7.32. The van der Waals surface area contributed by atoms with Gasteiger partial charge in [0.05, 0.1) is 12.2 Å². The van der Waals surface area contributed by atoms with E-state index in [1.807, 2.05) is 0 Å². The van der Waals surface area contributed by atoms with Crippen LogP contribution in [0.5, 0.6) is 0 Å². The average molecular weight is 480 g/mol. The van der Waals surface area contributed by atoms with Crippen molar-refractivity contribution in [1.29, 1.82) is 0 Å². The Morgan fingerprint density at radius 1 is 1.00 bits per heavy atom. The highest BCUT2D eigenvalue weighted by atomic mass is 19.4. The molecule has 0 saturated carbocycles. The first-order valence-electron chi connectivity index (χ1n) is 10.2. The number of carbonyl (C=O) groups excluding carboxylic acids is 3.